The van der Waals surface area contributed by atoms with E-state index in [2.05, 4.69) is 72.6 Å². The zero-order chi connectivity index (χ0) is 19.3. The Bertz CT molecular complexity index is 753. The van der Waals surface area contributed by atoms with Crippen LogP contribution in [0.4, 0.5) is 0 Å². The molecule has 1 N–H and O–H groups in total. The third-order valence-electron chi connectivity index (χ3n) is 5.20. The molecule has 154 valence electrons. The lowest BCUT2D eigenvalue weighted by molar-refractivity contribution is 0.372. The van der Waals surface area contributed by atoms with Crippen molar-refractivity contribution in [2.45, 2.75) is 39.5 Å². The van der Waals surface area contributed by atoms with Crippen LogP contribution in [0.15, 0.2) is 47.7 Å². The second-order valence-corrected chi connectivity index (χ2v) is 8.38. The first-order valence-corrected chi connectivity index (χ1v) is 10.0. The highest BCUT2D eigenvalue weighted by molar-refractivity contribution is 14.0. The lowest BCUT2D eigenvalue weighted by Crippen LogP contribution is -2.40. The minimum Gasteiger partial charge on any atom is -0.357 e. The van der Waals surface area contributed by atoms with Crippen molar-refractivity contribution in [1.82, 2.24) is 20.0 Å². The van der Waals surface area contributed by atoms with Gasteiger partial charge in [0.05, 0.1) is 6.20 Å². The molecule has 2 heterocycles. The summed E-state index contributed by atoms with van der Waals surface area (Å²) < 4.78 is 1.89. The maximum absolute atomic E-state index is 5.01. The molecule has 2 aromatic rings. The molecule has 5 nitrogen and oxygen atoms in total. The van der Waals surface area contributed by atoms with Gasteiger partial charge in [-0.2, -0.15) is 5.10 Å². The third kappa shape index (κ3) is 6.22. The van der Waals surface area contributed by atoms with E-state index in [1.165, 1.54) is 11.1 Å². The lowest BCUT2D eigenvalue weighted by Gasteiger charge is -2.26. The molecule has 1 aromatic heterocycles. The summed E-state index contributed by atoms with van der Waals surface area (Å²) in [5.74, 6) is 1.59. The largest absolute Gasteiger partial charge is 0.357 e. The second-order valence-electron chi connectivity index (χ2n) is 8.38. The van der Waals surface area contributed by atoms with E-state index in [0.717, 1.165) is 45.0 Å². The number of aromatic nitrogens is 2. The molecule has 1 aliphatic heterocycles. The van der Waals surface area contributed by atoms with Gasteiger partial charge in [-0.3, -0.25) is 9.67 Å². The van der Waals surface area contributed by atoms with Gasteiger partial charge in [-0.05, 0) is 36.3 Å². The van der Waals surface area contributed by atoms with Crippen LogP contribution in [-0.4, -0.2) is 46.8 Å². The number of nitrogens with one attached hydrogen (secondary N) is 1. The first-order chi connectivity index (χ1) is 13.0. The van der Waals surface area contributed by atoms with Gasteiger partial charge < -0.3 is 10.2 Å². The van der Waals surface area contributed by atoms with E-state index in [1.54, 1.807) is 0 Å². The normalized spacial score (nSPS) is 17.5. The monoisotopic (exact) mass is 495 g/mol. The van der Waals surface area contributed by atoms with E-state index >= 15 is 0 Å². The average Bonchev–Trinajstić information content (AvgIpc) is 3.28. The van der Waals surface area contributed by atoms with Crippen LogP contribution >= 0.6 is 24.0 Å². The van der Waals surface area contributed by atoms with E-state index in [0.29, 0.717) is 5.92 Å². The molecule has 0 saturated carbocycles. The minimum absolute atomic E-state index is 0. The second kappa shape index (κ2) is 10.3. The molecule has 1 aromatic carbocycles. The summed E-state index contributed by atoms with van der Waals surface area (Å²) >= 11 is 0. The maximum atomic E-state index is 5.01. The molecule has 0 aliphatic carbocycles. The van der Waals surface area contributed by atoms with Gasteiger partial charge in [-0.1, -0.05) is 44.2 Å². The number of aliphatic imine (C=N–C) groups is 1. The molecule has 6 heteroatoms. The first-order valence-electron chi connectivity index (χ1n) is 10.0. The number of nitrogens with zero attached hydrogens (tertiary/aromatic N) is 4. The standard InChI is InChI=1S/C22H33N5.HI/c1-5-23-21(24-17-22(2,3)13-18-9-7-6-8-10-18)27-12-11-19(16-27)20-14-25-26(4)15-20;/h6-10,14-15,19H,5,11-13,16-17H2,1-4H3,(H,23,24);1H. The summed E-state index contributed by atoms with van der Waals surface area (Å²) in [7, 11) is 1.98. The molecule has 28 heavy (non-hydrogen) atoms. The molecule has 1 aliphatic rings. The number of guanidine groups is 1. The summed E-state index contributed by atoms with van der Waals surface area (Å²) in [5, 5.41) is 7.82. The van der Waals surface area contributed by atoms with E-state index < -0.39 is 0 Å². The number of rotatable bonds is 6. The average molecular weight is 495 g/mol. The summed E-state index contributed by atoms with van der Waals surface area (Å²) in [6.45, 7) is 10.5. The van der Waals surface area contributed by atoms with E-state index in [-0.39, 0.29) is 29.4 Å². The highest BCUT2D eigenvalue weighted by Crippen LogP contribution is 2.27. The molecule has 0 radical (unpaired) electrons. The Morgan fingerprint density at radius 3 is 2.68 bits per heavy atom. The predicted molar refractivity (Wildman–Crippen MR) is 127 cm³/mol. The smallest absolute Gasteiger partial charge is 0.193 e. The SMILES string of the molecule is CCNC(=NCC(C)(C)Cc1ccccc1)N1CCC(c2cnn(C)c2)C1.I. The topological polar surface area (TPSA) is 45.5 Å². The quantitative estimate of drug-likeness (QED) is 0.374. The van der Waals surface area contributed by atoms with Gasteiger partial charge in [0.15, 0.2) is 5.96 Å². The van der Waals surface area contributed by atoms with Crippen molar-refractivity contribution < 1.29 is 0 Å². The molecule has 0 spiro atoms. The fourth-order valence-corrected chi connectivity index (χ4v) is 3.79. The lowest BCUT2D eigenvalue weighted by atomic mass is 9.86. The Morgan fingerprint density at radius 1 is 1.29 bits per heavy atom. The molecule has 0 amide bonds. The van der Waals surface area contributed by atoms with Crippen molar-refractivity contribution in [3.63, 3.8) is 0 Å². The number of hydrogen-bond acceptors (Lipinski definition) is 2. The summed E-state index contributed by atoms with van der Waals surface area (Å²) in [4.78, 5) is 7.41. The molecular weight excluding hydrogens is 461 g/mol. The van der Waals surface area contributed by atoms with Crippen molar-refractivity contribution in [1.29, 1.82) is 0 Å². The predicted octanol–water partition coefficient (Wildman–Crippen LogP) is 4.06. The van der Waals surface area contributed by atoms with Crippen molar-refractivity contribution in [2.75, 3.05) is 26.2 Å². The highest BCUT2D eigenvalue weighted by Gasteiger charge is 2.27. The molecule has 1 atom stereocenters. The Hall–Kier alpha value is -1.57. The van der Waals surface area contributed by atoms with Gasteiger partial charge in [-0.25, -0.2) is 0 Å². The van der Waals surface area contributed by atoms with Crippen molar-refractivity contribution in [3.8, 4) is 0 Å². The van der Waals surface area contributed by atoms with Gasteiger partial charge in [0, 0.05) is 45.3 Å². The summed E-state index contributed by atoms with van der Waals surface area (Å²) in [5.41, 5.74) is 2.84. The molecule has 1 unspecified atom stereocenters. The van der Waals surface area contributed by atoms with Crippen LogP contribution in [0.25, 0.3) is 0 Å². The van der Waals surface area contributed by atoms with Gasteiger partial charge in [0.25, 0.3) is 0 Å². The van der Waals surface area contributed by atoms with Gasteiger partial charge in [0.1, 0.15) is 0 Å². The van der Waals surface area contributed by atoms with Gasteiger partial charge in [-0.15, -0.1) is 24.0 Å². The zero-order valence-corrected chi connectivity index (χ0v) is 19.9. The number of hydrogen-bond donors (Lipinski definition) is 1. The van der Waals surface area contributed by atoms with Crippen LogP contribution in [0.3, 0.4) is 0 Å². The Labute approximate surface area is 186 Å². The maximum Gasteiger partial charge on any atom is 0.193 e. The van der Waals surface area contributed by atoms with Crippen molar-refractivity contribution >= 4 is 29.9 Å². The molecular formula is C22H34IN5. The molecule has 3 rings (SSSR count). The molecule has 1 saturated heterocycles. The van der Waals surface area contributed by atoms with Crippen LogP contribution in [0.5, 0.6) is 0 Å². The Kier molecular flexibility index (Phi) is 8.34. The van der Waals surface area contributed by atoms with E-state index in [9.17, 15) is 0 Å². The fraction of sp³-hybridized carbons (Fsp3) is 0.545. The van der Waals surface area contributed by atoms with Crippen LogP contribution in [-0.2, 0) is 13.5 Å². The number of benzene rings is 1. The summed E-state index contributed by atoms with van der Waals surface area (Å²) in [6, 6.07) is 10.7. The van der Waals surface area contributed by atoms with E-state index in [1.807, 2.05) is 17.9 Å². The van der Waals surface area contributed by atoms with Crippen LogP contribution < -0.4 is 5.32 Å². The third-order valence-corrected chi connectivity index (χ3v) is 5.20. The number of halogens is 1. The fourth-order valence-electron chi connectivity index (χ4n) is 3.79. The van der Waals surface area contributed by atoms with Gasteiger partial charge in [0.2, 0.25) is 0 Å². The Morgan fingerprint density at radius 2 is 2.04 bits per heavy atom. The number of likely N-dealkylation sites (tertiary alicyclic amines) is 1. The van der Waals surface area contributed by atoms with Crippen LogP contribution in [0, 0.1) is 5.41 Å². The summed E-state index contributed by atoms with van der Waals surface area (Å²) in [6.07, 6.45) is 6.33. The molecule has 0 bridgehead atoms. The van der Waals surface area contributed by atoms with Crippen LogP contribution in [0.2, 0.25) is 0 Å². The van der Waals surface area contributed by atoms with E-state index in [4.69, 9.17) is 4.99 Å². The van der Waals surface area contributed by atoms with Crippen LogP contribution in [0.1, 0.15) is 44.2 Å². The molecule has 1 fully saturated rings. The Balaban J connectivity index is 0.00000280. The number of aryl methyl sites for hydroxylation is 1. The van der Waals surface area contributed by atoms with Gasteiger partial charge >= 0.3 is 0 Å². The van der Waals surface area contributed by atoms with Crippen molar-refractivity contribution in [3.05, 3.63) is 53.9 Å². The zero-order valence-electron chi connectivity index (χ0n) is 17.6. The highest BCUT2D eigenvalue weighted by atomic mass is 127. The van der Waals surface area contributed by atoms with Crippen molar-refractivity contribution in [2.24, 2.45) is 17.5 Å². The first kappa shape index (κ1) is 22.7. The minimum atomic E-state index is 0.